The summed E-state index contributed by atoms with van der Waals surface area (Å²) in [5.41, 5.74) is 1.68. The van der Waals surface area contributed by atoms with Gasteiger partial charge in [0.15, 0.2) is 5.65 Å². The van der Waals surface area contributed by atoms with Crippen molar-refractivity contribution in [1.29, 1.82) is 0 Å². The first-order valence-electron chi connectivity index (χ1n) is 7.95. The fourth-order valence-corrected chi connectivity index (χ4v) is 2.55. The third-order valence-electron chi connectivity index (χ3n) is 3.87. The zero-order chi connectivity index (χ0) is 16.7. The number of nitrogens with zero attached hydrogens (tertiary/aromatic N) is 4. The summed E-state index contributed by atoms with van der Waals surface area (Å²) >= 11 is 0. The zero-order valence-corrected chi connectivity index (χ0v) is 13.2. The van der Waals surface area contributed by atoms with Crippen molar-refractivity contribution in [3.8, 4) is 0 Å². The van der Waals surface area contributed by atoms with Crippen molar-refractivity contribution in [2.24, 2.45) is 0 Å². The summed E-state index contributed by atoms with van der Waals surface area (Å²) < 4.78 is 1.63. The Morgan fingerprint density at radius 2 is 2.21 bits per heavy atom. The van der Waals surface area contributed by atoms with E-state index in [0.717, 1.165) is 12.8 Å². The van der Waals surface area contributed by atoms with Crippen LogP contribution in [0, 0.1) is 0 Å². The molecule has 9 nitrogen and oxygen atoms in total. The van der Waals surface area contributed by atoms with E-state index >= 15 is 0 Å². The van der Waals surface area contributed by atoms with E-state index in [9.17, 15) is 9.59 Å². The van der Waals surface area contributed by atoms with Gasteiger partial charge in [-0.3, -0.25) is 14.9 Å². The number of carbonyl (C=O) groups is 2. The van der Waals surface area contributed by atoms with Crippen molar-refractivity contribution in [2.75, 3.05) is 17.2 Å². The van der Waals surface area contributed by atoms with E-state index in [1.54, 1.807) is 16.8 Å². The summed E-state index contributed by atoms with van der Waals surface area (Å²) in [5.74, 6) is 0.466. The summed E-state index contributed by atoms with van der Waals surface area (Å²) in [4.78, 5) is 32.0. The predicted molar refractivity (Wildman–Crippen MR) is 87.3 cm³/mol. The summed E-state index contributed by atoms with van der Waals surface area (Å²) in [7, 11) is 0. The number of carbonyl (C=O) groups excluding carboxylic acids is 2. The fourth-order valence-electron chi connectivity index (χ4n) is 2.55. The number of aromatic nitrogens is 4. The largest absolute Gasteiger partial charge is 0.354 e. The molecule has 1 saturated heterocycles. The molecule has 0 unspecified atom stereocenters. The van der Waals surface area contributed by atoms with Crippen LogP contribution in [0.25, 0.3) is 11.7 Å². The molecule has 0 aromatic carbocycles. The topological polar surface area (TPSA) is 113 Å². The first-order chi connectivity index (χ1) is 11.6. The molecule has 2 aliphatic rings. The Morgan fingerprint density at radius 3 is 2.88 bits per heavy atom. The Kier molecular flexibility index (Phi) is 3.40. The van der Waals surface area contributed by atoms with Crippen molar-refractivity contribution in [2.45, 2.75) is 32.2 Å². The molecular formula is C15H17N7O2. The third kappa shape index (κ3) is 2.68. The lowest BCUT2D eigenvalue weighted by molar-refractivity contribution is -0.124. The molecule has 0 bridgehead atoms. The monoisotopic (exact) mass is 327 g/mol. The lowest BCUT2D eigenvalue weighted by Gasteiger charge is -2.09. The summed E-state index contributed by atoms with van der Waals surface area (Å²) in [6.07, 6.45) is 5.59. The van der Waals surface area contributed by atoms with Gasteiger partial charge in [0.2, 0.25) is 17.8 Å². The Bertz CT molecular complexity index is 866. The first kappa shape index (κ1) is 14.6. The number of hydrogen-bond acceptors (Lipinski definition) is 7. The van der Waals surface area contributed by atoms with Gasteiger partial charge in [-0.15, -0.1) is 0 Å². The molecule has 3 heterocycles. The number of hydrogen-bond donors (Lipinski definition) is 3. The summed E-state index contributed by atoms with van der Waals surface area (Å²) in [5, 5.41) is 13.0. The molecule has 1 saturated carbocycles. The molecule has 1 aliphatic carbocycles. The van der Waals surface area contributed by atoms with Crippen LogP contribution in [-0.4, -0.2) is 44.0 Å². The average Bonchev–Trinajstić information content (AvgIpc) is 3.17. The minimum absolute atomic E-state index is 0.0779. The molecule has 2 aromatic rings. The van der Waals surface area contributed by atoms with Gasteiger partial charge < -0.3 is 10.6 Å². The van der Waals surface area contributed by atoms with Gasteiger partial charge in [-0.1, -0.05) is 0 Å². The molecule has 4 rings (SSSR count). The molecule has 2 fully saturated rings. The van der Waals surface area contributed by atoms with Crippen LogP contribution in [0.5, 0.6) is 0 Å². The van der Waals surface area contributed by atoms with Crippen molar-refractivity contribution in [1.82, 2.24) is 24.9 Å². The SMILES string of the molecule is CCNc1nc(NC2CC2)n2ncc(/C=C3\CC(=O)NC3=O)c2n1. The molecule has 0 radical (unpaired) electrons. The molecule has 1 aliphatic heterocycles. The predicted octanol–water partition coefficient (Wildman–Crippen LogP) is 0.560. The maximum absolute atomic E-state index is 11.8. The van der Waals surface area contributed by atoms with Crippen molar-refractivity contribution >= 4 is 35.4 Å². The van der Waals surface area contributed by atoms with Gasteiger partial charge in [-0.2, -0.15) is 19.6 Å². The van der Waals surface area contributed by atoms with Gasteiger partial charge in [-0.25, -0.2) is 0 Å². The van der Waals surface area contributed by atoms with Crippen LogP contribution >= 0.6 is 0 Å². The molecule has 0 spiro atoms. The number of fused-ring (bicyclic) bond motifs is 1. The van der Waals surface area contributed by atoms with E-state index in [1.807, 2.05) is 6.92 Å². The quantitative estimate of drug-likeness (QED) is 0.543. The number of anilines is 2. The Labute approximate surface area is 137 Å². The van der Waals surface area contributed by atoms with Crippen LogP contribution < -0.4 is 16.0 Å². The van der Waals surface area contributed by atoms with E-state index in [0.29, 0.717) is 41.3 Å². The van der Waals surface area contributed by atoms with Gasteiger partial charge in [0, 0.05) is 23.7 Å². The van der Waals surface area contributed by atoms with Gasteiger partial charge >= 0.3 is 0 Å². The molecular weight excluding hydrogens is 310 g/mol. The highest BCUT2D eigenvalue weighted by molar-refractivity contribution is 6.15. The molecule has 24 heavy (non-hydrogen) atoms. The second kappa shape index (κ2) is 5.59. The second-order valence-electron chi connectivity index (χ2n) is 5.88. The van der Waals surface area contributed by atoms with E-state index < -0.39 is 0 Å². The number of imide groups is 1. The Morgan fingerprint density at radius 1 is 1.38 bits per heavy atom. The highest BCUT2D eigenvalue weighted by Crippen LogP contribution is 2.26. The summed E-state index contributed by atoms with van der Waals surface area (Å²) in [6, 6.07) is 0.418. The van der Waals surface area contributed by atoms with Crippen molar-refractivity contribution in [3.05, 3.63) is 17.3 Å². The van der Waals surface area contributed by atoms with Crippen LogP contribution in [0.1, 0.15) is 31.7 Å². The van der Waals surface area contributed by atoms with Crippen LogP contribution in [-0.2, 0) is 9.59 Å². The van der Waals surface area contributed by atoms with Crippen molar-refractivity contribution < 1.29 is 9.59 Å². The average molecular weight is 327 g/mol. The number of amides is 2. The highest BCUT2D eigenvalue weighted by atomic mass is 16.2. The van der Waals surface area contributed by atoms with Gasteiger partial charge in [0.05, 0.1) is 12.6 Å². The minimum atomic E-state index is -0.364. The van der Waals surface area contributed by atoms with Gasteiger partial charge in [0.1, 0.15) is 0 Å². The van der Waals surface area contributed by atoms with Gasteiger partial charge in [0.25, 0.3) is 5.91 Å². The molecule has 2 aromatic heterocycles. The maximum Gasteiger partial charge on any atom is 0.254 e. The molecule has 3 N–H and O–H groups in total. The smallest absolute Gasteiger partial charge is 0.254 e. The minimum Gasteiger partial charge on any atom is -0.354 e. The van der Waals surface area contributed by atoms with Crippen LogP contribution in [0.4, 0.5) is 11.9 Å². The normalized spacial score (nSPS) is 19.1. The lowest BCUT2D eigenvalue weighted by atomic mass is 10.1. The second-order valence-corrected chi connectivity index (χ2v) is 5.88. The lowest BCUT2D eigenvalue weighted by Crippen LogP contribution is -2.19. The van der Waals surface area contributed by atoms with Crippen LogP contribution in [0.3, 0.4) is 0 Å². The molecule has 0 atom stereocenters. The van der Waals surface area contributed by atoms with E-state index in [1.165, 1.54) is 0 Å². The summed E-state index contributed by atoms with van der Waals surface area (Å²) in [6.45, 7) is 2.66. The first-order valence-corrected chi connectivity index (χ1v) is 7.95. The van der Waals surface area contributed by atoms with Crippen LogP contribution in [0.15, 0.2) is 11.8 Å². The molecule has 124 valence electrons. The molecule has 2 amide bonds. The van der Waals surface area contributed by atoms with Crippen LogP contribution in [0.2, 0.25) is 0 Å². The Balaban J connectivity index is 1.78. The maximum atomic E-state index is 11.8. The molecule has 9 heteroatoms. The number of nitrogens with one attached hydrogen (secondary N) is 3. The van der Waals surface area contributed by atoms with E-state index in [-0.39, 0.29) is 18.2 Å². The van der Waals surface area contributed by atoms with Crippen molar-refractivity contribution in [3.63, 3.8) is 0 Å². The van der Waals surface area contributed by atoms with E-state index in [2.05, 4.69) is 31.0 Å². The standard InChI is InChI=1S/C15H17N7O2/c1-2-16-14-20-12-9(5-8-6-11(23)19-13(8)24)7-17-22(12)15(21-14)18-10-3-4-10/h5,7,10H,2-4,6H2,1H3,(H,19,23,24)(H2,16,18,20,21)/b8-5+. The third-order valence-corrected chi connectivity index (χ3v) is 3.87. The number of rotatable bonds is 5. The van der Waals surface area contributed by atoms with Gasteiger partial charge in [-0.05, 0) is 25.8 Å². The fraction of sp³-hybridized carbons (Fsp3) is 0.400. The van der Waals surface area contributed by atoms with E-state index in [4.69, 9.17) is 0 Å². The zero-order valence-electron chi connectivity index (χ0n) is 13.2. The highest BCUT2D eigenvalue weighted by Gasteiger charge is 2.26. The Hall–Kier alpha value is -2.97.